The molecular weight excluding hydrogens is 262 g/mol. The molecule has 0 spiro atoms. The van der Waals surface area contributed by atoms with E-state index in [-0.39, 0.29) is 0 Å². The summed E-state index contributed by atoms with van der Waals surface area (Å²) in [5.41, 5.74) is 2.97. The summed E-state index contributed by atoms with van der Waals surface area (Å²) in [4.78, 5) is 0. The first-order valence-corrected chi connectivity index (χ1v) is 8.11. The molecule has 0 saturated heterocycles. The molecule has 0 saturated carbocycles. The second-order valence-electron chi connectivity index (χ2n) is 4.56. The fourth-order valence-electron chi connectivity index (χ4n) is 2.38. The highest BCUT2D eigenvalue weighted by atomic mass is 32.2. The molecule has 0 atom stereocenters. The van der Waals surface area contributed by atoms with Gasteiger partial charge in [-0.1, -0.05) is 26.0 Å². The van der Waals surface area contributed by atoms with E-state index in [1.54, 1.807) is 0 Å². The van der Waals surface area contributed by atoms with Gasteiger partial charge in [-0.3, -0.25) is 4.72 Å². The third-order valence-electron chi connectivity index (χ3n) is 3.43. The van der Waals surface area contributed by atoms with Gasteiger partial charge in [-0.2, -0.15) is 12.7 Å². The summed E-state index contributed by atoms with van der Waals surface area (Å²) in [5.74, 6) is 0. The van der Waals surface area contributed by atoms with E-state index in [0.29, 0.717) is 25.3 Å². The van der Waals surface area contributed by atoms with Crippen molar-refractivity contribution in [1.82, 2.24) is 9.62 Å². The zero-order valence-corrected chi connectivity index (χ0v) is 12.3. The third kappa shape index (κ3) is 3.08. The molecule has 0 bridgehead atoms. The average molecular weight is 283 g/mol. The summed E-state index contributed by atoms with van der Waals surface area (Å²) in [6.45, 7) is 6.28. The van der Waals surface area contributed by atoms with Gasteiger partial charge in [0.15, 0.2) is 0 Å². The highest BCUT2D eigenvalue weighted by molar-refractivity contribution is 7.90. The van der Waals surface area contributed by atoms with Gasteiger partial charge in [-0.15, -0.1) is 0 Å². The van der Waals surface area contributed by atoms with E-state index in [2.05, 4.69) is 16.1 Å². The monoisotopic (exact) mass is 283 g/mol. The van der Waals surface area contributed by atoms with Crippen molar-refractivity contribution in [3.05, 3.63) is 29.3 Å². The maximum Gasteiger partial charge on any atom is 0.301 e. The summed E-state index contributed by atoms with van der Waals surface area (Å²) in [5, 5.41) is 3.28. The molecule has 1 aromatic carbocycles. The van der Waals surface area contributed by atoms with Gasteiger partial charge in [0.25, 0.3) is 0 Å². The molecule has 0 aliphatic carbocycles. The fraction of sp³-hybridized carbons (Fsp3) is 0.538. The smallest absolute Gasteiger partial charge is 0.301 e. The molecule has 0 fully saturated rings. The molecule has 2 N–H and O–H groups in total. The van der Waals surface area contributed by atoms with Crippen molar-refractivity contribution < 1.29 is 8.42 Å². The first-order chi connectivity index (χ1) is 9.08. The van der Waals surface area contributed by atoms with Crippen LogP contribution in [0.1, 0.15) is 25.0 Å². The second-order valence-corrected chi connectivity index (χ2v) is 6.23. The van der Waals surface area contributed by atoms with Gasteiger partial charge in [0.2, 0.25) is 0 Å². The molecule has 1 aliphatic heterocycles. The van der Waals surface area contributed by atoms with E-state index in [4.69, 9.17) is 0 Å². The number of rotatable bonds is 5. The molecule has 1 heterocycles. The molecule has 0 unspecified atom stereocenters. The minimum absolute atomic E-state index is 0.471. The molecule has 0 aromatic heterocycles. The molecule has 0 amide bonds. The lowest BCUT2D eigenvalue weighted by atomic mass is 10.00. The van der Waals surface area contributed by atoms with E-state index in [1.807, 2.05) is 26.0 Å². The predicted molar refractivity (Wildman–Crippen MR) is 77.3 cm³/mol. The van der Waals surface area contributed by atoms with Crippen LogP contribution in [-0.4, -0.2) is 32.4 Å². The standard InChI is InChI=1S/C13H21N3O2S/c1-3-16(4-2)19(17,18)15-13-7-5-6-11-8-9-14-10-12(11)13/h5-7,14-15H,3-4,8-10H2,1-2H3. The van der Waals surface area contributed by atoms with Crippen molar-refractivity contribution in [1.29, 1.82) is 0 Å². The molecule has 0 radical (unpaired) electrons. The summed E-state index contributed by atoms with van der Waals surface area (Å²) in [6, 6.07) is 5.79. The Morgan fingerprint density at radius 3 is 2.74 bits per heavy atom. The Bertz CT molecular complexity index is 539. The Hall–Kier alpha value is -1.11. The SMILES string of the molecule is CCN(CC)S(=O)(=O)Nc1cccc2c1CNCC2. The van der Waals surface area contributed by atoms with Crippen LogP contribution in [0, 0.1) is 0 Å². The zero-order chi connectivity index (χ0) is 13.9. The van der Waals surface area contributed by atoms with Crippen molar-refractivity contribution in [2.45, 2.75) is 26.8 Å². The van der Waals surface area contributed by atoms with Crippen LogP contribution in [0.2, 0.25) is 0 Å². The van der Waals surface area contributed by atoms with Crippen molar-refractivity contribution in [3.63, 3.8) is 0 Å². The van der Waals surface area contributed by atoms with E-state index in [9.17, 15) is 8.42 Å². The summed E-state index contributed by atoms with van der Waals surface area (Å²) in [7, 11) is -3.45. The Kier molecular flexibility index (Phi) is 4.44. The Labute approximate surface area is 115 Å². The topological polar surface area (TPSA) is 61.4 Å². The lowest BCUT2D eigenvalue weighted by Crippen LogP contribution is -2.36. The summed E-state index contributed by atoms with van der Waals surface area (Å²) < 4.78 is 28.6. The quantitative estimate of drug-likeness (QED) is 0.857. The van der Waals surface area contributed by atoms with E-state index in [0.717, 1.165) is 18.5 Å². The lowest BCUT2D eigenvalue weighted by Gasteiger charge is -2.24. The van der Waals surface area contributed by atoms with Gasteiger partial charge in [0.05, 0.1) is 5.69 Å². The third-order valence-corrected chi connectivity index (χ3v) is 5.10. The largest absolute Gasteiger partial charge is 0.312 e. The summed E-state index contributed by atoms with van der Waals surface area (Å²) >= 11 is 0. The molecule has 19 heavy (non-hydrogen) atoms. The van der Waals surface area contributed by atoms with Crippen LogP contribution < -0.4 is 10.0 Å². The van der Waals surface area contributed by atoms with Crippen molar-refractivity contribution in [3.8, 4) is 0 Å². The minimum Gasteiger partial charge on any atom is -0.312 e. The number of fused-ring (bicyclic) bond motifs is 1. The number of hydrogen-bond acceptors (Lipinski definition) is 3. The van der Waals surface area contributed by atoms with Crippen LogP contribution in [0.5, 0.6) is 0 Å². The van der Waals surface area contributed by atoms with E-state index >= 15 is 0 Å². The molecule has 106 valence electrons. The van der Waals surface area contributed by atoms with Gasteiger partial charge in [-0.25, -0.2) is 0 Å². The van der Waals surface area contributed by atoms with E-state index in [1.165, 1.54) is 9.87 Å². The number of nitrogens with zero attached hydrogens (tertiary/aromatic N) is 1. The van der Waals surface area contributed by atoms with Gasteiger partial charge >= 0.3 is 10.2 Å². The van der Waals surface area contributed by atoms with Crippen LogP contribution in [0.3, 0.4) is 0 Å². The molecule has 6 heteroatoms. The van der Waals surface area contributed by atoms with Crippen molar-refractivity contribution in [2.75, 3.05) is 24.4 Å². The Morgan fingerprint density at radius 2 is 2.05 bits per heavy atom. The Balaban J connectivity index is 2.29. The maximum atomic E-state index is 12.2. The lowest BCUT2D eigenvalue weighted by molar-refractivity contribution is 0.449. The van der Waals surface area contributed by atoms with Gasteiger partial charge in [-0.05, 0) is 30.2 Å². The van der Waals surface area contributed by atoms with Crippen molar-refractivity contribution >= 4 is 15.9 Å². The normalized spacial score (nSPS) is 15.3. The fourth-order valence-corrected chi connectivity index (χ4v) is 3.65. The molecule has 5 nitrogen and oxygen atoms in total. The number of hydrogen-bond donors (Lipinski definition) is 2. The van der Waals surface area contributed by atoms with Crippen LogP contribution in [0.25, 0.3) is 0 Å². The highest BCUT2D eigenvalue weighted by Gasteiger charge is 2.21. The van der Waals surface area contributed by atoms with Crippen LogP contribution in [-0.2, 0) is 23.2 Å². The zero-order valence-electron chi connectivity index (χ0n) is 11.4. The molecule has 1 aliphatic rings. The first-order valence-electron chi connectivity index (χ1n) is 6.67. The number of benzene rings is 1. The van der Waals surface area contributed by atoms with Gasteiger partial charge in [0.1, 0.15) is 0 Å². The Morgan fingerprint density at radius 1 is 1.32 bits per heavy atom. The predicted octanol–water partition coefficient (Wildman–Crippen LogP) is 1.33. The van der Waals surface area contributed by atoms with Gasteiger partial charge < -0.3 is 5.32 Å². The molecular formula is C13H21N3O2S. The average Bonchev–Trinajstić information content (AvgIpc) is 2.40. The summed E-state index contributed by atoms with van der Waals surface area (Å²) in [6.07, 6.45) is 0.941. The first kappa shape index (κ1) is 14.3. The van der Waals surface area contributed by atoms with Crippen LogP contribution >= 0.6 is 0 Å². The maximum absolute atomic E-state index is 12.2. The van der Waals surface area contributed by atoms with Gasteiger partial charge in [0, 0.05) is 19.6 Å². The van der Waals surface area contributed by atoms with Crippen LogP contribution in [0.15, 0.2) is 18.2 Å². The van der Waals surface area contributed by atoms with E-state index < -0.39 is 10.2 Å². The number of nitrogens with one attached hydrogen (secondary N) is 2. The van der Waals surface area contributed by atoms with Crippen molar-refractivity contribution in [2.24, 2.45) is 0 Å². The second kappa shape index (κ2) is 5.90. The van der Waals surface area contributed by atoms with Crippen LogP contribution in [0.4, 0.5) is 5.69 Å². The molecule has 1 aromatic rings. The molecule has 2 rings (SSSR count). The highest BCUT2D eigenvalue weighted by Crippen LogP contribution is 2.24. The minimum atomic E-state index is -3.45. The number of anilines is 1.